The van der Waals surface area contributed by atoms with Crippen molar-refractivity contribution in [2.24, 2.45) is 5.41 Å². The van der Waals surface area contributed by atoms with Crippen LogP contribution in [-0.2, 0) is 14.3 Å². The highest BCUT2D eigenvalue weighted by Gasteiger charge is 2.29. The van der Waals surface area contributed by atoms with E-state index in [-0.39, 0.29) is 30.9 Å². The van der Waals surface area contributed by atoms with E-state index < -0.39 is 24.0 Å². The van der Waals surface area contributed by atoms with Crippen molar-refractivity contribution in [3.05, 3.63) is 59.7 Å². The third-order valence-electron chi connectivity index (χ3n) is 5.41. The number of alkyl carbamates (subject to hydrolysis) is 1. The zero-order chi connectivity index (χ0) is 23.3. The molecule has 2 aromatic rings. The summed E-state index contributed by atoms with van der Waals surface area (Å²) in [5, 5.41) is 14.4. The molecular weight excluding hydrogens is 408 g/mol. The Bertz CT molecular complexity index is 950. The number of nitrogens with one attached hydrogen (secondary N) is 2. The summed E-state index contributed by atoms with van der Waals surface area (Å²) in [5.74, 6) is -1.54. The lowest BCUT2D eigenvalue weighted by Gasteiger charge is -2.24. The molecule has 3 N–H and O–H groups in total. The van der Waals surface area contributed by atoms with Crippen molar-refractivity contribution in [1.29, 1.82) is 0 Å². The summed E-state index contributed by atoms with van der Waals surface area (Å²) in [6.45, 7) is 5.98. The third-order valence-corrected chi connectivity index (χ3v) is 5.41. The Balaban J connectivity index is 1.47. The summed E-state index contributed by atoms with van der Waals surface area (Å²) in [5.41, 5.74) is 4.31. The summed E-state index contributed by atoms with van der Waals surface area (Å²) < 4.78 is 5.43. The van der Waals surface area contributed by atoms with E-state index in [2.05, 4.69) is 22.8 Å². The number of fused-ring (bicyclic) bond motifs is 3. The van der Waals surface area contributed by atoms with Gasteiger partial charge in [-0.15, -0.1) is 0 Å². The number of rotatable bonds is 8. The minimum atomic E-state index is -1.07. The van der Waals surface area contributed by atoms with Crippen LogP contribution >= 0.6 is 0 Å². The number of carboxylic acids is 1. The van der Waals surface area contributed by atoms with Crippen molar-refractivity contribution in [2.45, 2.75) is 45.6 Å². The minimum Gasteiger partial charge on any atom is -0.480 e. The Morgan fingerprint density at radius 1 is 1.00 bits per heavy atom. The molecule has 3 rings (SSSR count). The molecule has 0 aliphatic heterocycles. The van der Waals surface area contributed by atoms with Crippen LogP contribution in [0.25, 0.3) is 11.1 Å². The van der Waals surface area contributed by atoms with Crippen molar-refractivity contribution in [1.82, 2.24) is 10.6 Å². The largest absolute Gasteiger partial charge is 0.480 e. The Hall–Kier alpha value is -3.35. The molecule has 2 amide bonds. The minimum absolute atomic E-state index is 0.0296. The van der Waals surface area contributed by atoms with Crippen LogP contribution in [0.4, 0.5) is 4.79 Å². The fraction of sp³-hybridized carbons (Fsp3) is 0.400. The molecule has 0 saturated carbocycles. The van der Waals surface area contributed by atoms with Gasteiger partial charge in [-0.1, -0.05) is 69.3 Å². The van der Waals surface area contributed by atoms with Crippen LogP contribution in [0.1, 0.15) is 50.7 Å². The quantitative estimate of drug-likeness (QED) is 0.579. The first-order valence-corrected chi connectivity index (χ1v) is 10.8. The summed E-state index contributed by atoms with van der Waals surface area (Å²) in [6, 6.07) is 15.2. The van der Waals surface area contributed by atoms with Crippen molar-refractivity contribution in [3.63, 3.8) is 0 Å². The lowest BCUT2D eigenvalue weighted by molar-refractivity contribution is -0.142. The molecule has 2 aromatic carbocycles. The molecule has 1 aliphatic rings. The number of hydrogen-bond acceptors (Lipinski definition) is 4. The molecule has 7 nitrogen and oxygen atoms in total. The highest BCUT2D eigenvalue weighted by molar-refractivity contribution is 5.84. The predicted octanol–water partition coefficient (Wildman–Crippen LogP) is 3.92. The lowest BCUT2D eigenvalue weighted by Crippen LogP contribution is -2.44. The maximum atomic E-state index is 12.2. The monoisotopic (exact) mass is 438 g/mol. The topological polar surface area (TPSA) is 105 Å². The molecule has 0 radical (unpaired) electrons. The fourth-order valence-corrected chi connectivity index (χ4v) is 4.01. The summed E-state index contributed by atoms with van der Waals surface area (Å²) in [4.78, 5) is 35.6. The van der Waals surface area contributed by atoms with Gasteiger partial charge < -0.3 is 20.5 Å². The molecule has 32 heavy (non-hydrogen) atoms. The number of carboxylic acid groups (broad SMARTS) is 1. The molecule has 170 valence electrons. The average molecular weight is 439 g/mol. The zero-order valence-electron chi connectivity index (χ0n) is 18.7. The smallest absolute Gasteiger partial charge is 0.407 e. The summed E-state index contributed by atoms with van der Waals surface area (Å²) in [7, 11) is 0. The van der Waals surface area contributed by atoms with Crippen molar-refractivity contribution >= 4 is 18.0 Å². The molecule has 0 saturated heterocycles. The van der Waals surface area contributed by atoms with Crippen LogP contribution in [0.5, 0.6) is 0 Å². The van der Waals surface area contributed by atoms with Crippen LogP contribution < -0.4 is 10.6 Å². The van der Waals surface area contributed by atoms with E-state index in [0.29, 0.717) is 6.42 Å². The van der Waals surface area contributed by atoms with Gasteiger partial charge in [-0.2, -0.15) is 0 Å². The number of amides is 2. The van der Waals surface area contributed by atoms with Gasteiger partial charge in [0.15, 0.2) is 0 Å². The maximum absolute atomic E-state index is 12.2. The predicted molar refractivity (Wildman–Crippen MR) is 121 cm³/mol. The van der Waals surface area contributed by atoms with E-state index in [0.717, 1.165) is 22.3 Å². The van der Waals surface area contributed by atoms with Gasteiger partial charge in [0.05, 0.1) is 0 Å². The number of aliphatic carboxylic acids is 1. The van der Waals surface area contributed by atoms with Crippen molar-refractivity contribution in [2.75, 3.05) is 13.2 Å². The van der Waals surface area contributed by atoms with E-state index in [1.807, 2.05) is 57.2 Å². The van der Waals surface area contributed by atoms with E-state index in [1.165, 1.54) is 0 Å². The summed E-state index contributed by atoms with van der Waals surface area (Å²) in [6.07, 6.45) is -0.324. The van der Waals surface area contributed by atoms with Gasteiger partial charge in [0, 0.05) is 18.9 Å². The summed E-state index contributed by atoms with van der Waals surface area (Å²) >= 11 is 0. The van der Waals surface area contributed by atoms with Crippen LogP contribution in [0.2, 0.25) is 0 Å². The molecule has 1 atom stereocenters. The molecule has 1 aliphatic carbocycles. The second kappa shape index (κ2) is 9.85. The van der Waals surface area contributed by atoms with Crippen LogP contribution in [0.15, 0.2) is 48.5 Å². The molecular formula is C25H30N2O5. The van der Waals surface area contributed by atoms with Crippen LogP contribution in [-0.4, -0.2) is 42.3 Å². The lowest BCUT2D eigenvalue weighted by atomic mass is 9.88. The van der Waals surface area contributed by atoms with Gasteiger partial charge in [0.1, 0.15) is 12.6 Å². The van der Waals surface area contributed by atoms with Crippen molar-refractivity contribution in [3.8, 4) is 11.1 Å². The van der Waals surface area contributed by atoms with Gasteiger partial charge in [-0.25, -0.2) is 9.59 Å². The molecule has 0 spiro atoms. The number of ether oxygens (including phenoxy) is 1. The Morgan fingerprint density at radius 2 is 1.56 bits per heavy atom. The standard InChI is InChI=1S/C25H30N2O5/c1-25(2,3)14-21(23(29)30)27-22(28)12-13-26-24(31)32-15-20-18-10-6-4-8-16(18)17-9-5-7-11-19(17)20/h4-11,20-21H,12-15H2,1-3H3,(H,26,31)(H,27,28)(H,29,30). The Morgan fingerprint density at radius 3 is 2.09 bits per heavy atom. The van der Waals surface area contributed by atoms with Gasteiger partial charge in [0.2, 0.25) is 5.91 Å². The van der Waals surface area contributed by atoms with E-state index in [9.17, 15) is 19.5 Å². The fourth-order valence-electron chi connectivity index (χ4n) is 4.01. The molecule has 7 heteroatoms. The Labute approximate surface area is 188 Å². The maximum Gasteiger partial charge on any atom is 0.407 e. The molecule has 0 aromatic heterocycles. The van der Waals surface area contributed by atoms with E-state index in [4.69, 9.17) is 4.74 Å². The second-order valence-corrected chi connectivity index (χ2v) is 9.23. The molecule has 0 bridgehead atoms. The van der Waals surface area contributed by atoms with Crippen LogP contribution in [0, 0.1) is 5.41 Å². The SMILES string of the molecule is CC(C)(C)CC(NC(=O)CCNC(=O)OCC1c2ccccc2-c2ccccc21)C(=O)O. The van der Waals surface area contributed by atoms with Gasteiger partial charge in [0.25, 0.3) is 0 Å². The average Bonchev–Trinajstić information content (AvgIpc) is 3.04. The third kappa shape index (κ3) is 5.87. The first kappa shape index (κ1) is 23.3. The second-order valence-electron chi connectivity index (χ2n) is 9.23. The highest BCUT2D eigenvalue weighted by atomic mass is 16.5. The van der Waals surface area contributed by atoms with E-state index in [1.54, 1.807) is 0 Å². The molecule has 1 unspecified atom stereocenters. The number of hydrogen-bond donors (Lipinski definition) is 3. The zero-order valence-corrected chi connectivity index (χ0v) is 18.7. The van der Waals surface area contributed by atoms with E-state index >= 15 is 0 Å². The number of benzene rings is 2. The Kier molecular flexibility index (Phi) is 7.18. The van der Waals surface area contributed by atoms with Crippen molar-refractivity contribution < 1.29 is 24.2 Å². The first-order valence-electron chi connectivity index (χ1n) is 10.8. The van der Waals surface area contributed by atoms with Gasteiger partial charge in [-0.05, 0) is 34.1 Å². The van der Waals surface area contributed by atoms with Gasteiger partial charge >= 0.3 is 12.1 Å². The number of carbonyl (C=O) groups is 3. The first-order chi connectivity index (χ1) is 15.2. The highest BCUT2D eigenvalue weighted by Crippen LogP contribution is 2.44. The van der Waals surface area contributed by atoms with Gasteiger partial charge in [-0.3, -0.25) is 4.79 Å². The molecule has 0 fully saturated rings. The van der Waals surface area contributed by atoms with Crippen LogP contribution in [0.3, 0.4) is 0 Å². The number of carbonyl (C=O) groups excluding carboxylic acids is 2. The molecule has 0 heterocycles. The normalized spacial score (nSPS) is 13.6.